The van der Waals surface area contributed by atoms with Crippen LogP contribution in [0.5, 0.6) is 0 Å². The van der Waals surface area contributed by atoms with Gasteiger partial charge >= 0.3 is 0 Å². The Hall–Kier alpha value is -0.460. The van der Waals surface area contributed by atoms with Gasteiger partial charge in [-0.3, -0.25) is 4.99 Å². The lowest BCUT2D eigenvalue weighted by Crippen LogP contribution is -2.55. The van der Waals surface area contributed by atoms with Gasteiger partial charge in [-0.2, -0.15) is 11.8 Å². The van der Waals surface area contributed by atoms with Crippen molar-refractivity contribution in [1.82, 2.24) is 20.0 Å². The molecule has 3 aliphatic rings. The Morgan fingerprint density at radius 2 is 2.08 bits per heavy atom. The standard InChI is InChI=1S/C18H35N5S/c1-19-17(20-14-18(21(2)3)7-11-24-15-18)23-10-6-16(13-23)12-22-8-4-5-9-22/h16H,4-15H2,1-3H3,(H,19,20). The van der Waals surface area contributed by atoms with Crippen molar-refractivity contribution in [1.29, 1.82) is 0 Å². The Labute approximate surface area is 152 Å². The lowest BCUT2D eigenvalue weighted by molar-refractivity contribution is 0.181. The van der Waals surface area contributed by atoms with E-state index >= 15 is 0 Å². The van der Waals surface area contributed by atoms with Crippen LogP contribution in [0.4, 0.5) is 0 Å². The van der Waals surface area contributed by atoms with Crippen LogP contribution in [0.15, 0.2) is 4.99 Å². The second-order valence-electron chi connectivity index (χ2n) is 7.93. The van der Waals surface area contributed by atoms with Crippen molar-refractivity contribution >= 4 is 17.7 Å². The van der Waals surface area contributed by atoms with Crippen LogP contribution in [0.25, 0.3) is 0 Å². The van der Waals surface area contributed by atoms with Gasteiger partial charge in [0.1, 0.15) is 0 Å². The van der Waals surface area contributed by atoms with Crippen molar-refractivity contribution in [2.45, 2.75) is 31.2 Å². The summed E-state index contributed by atoms with van der Waals surface area (Å²) in [5.41, 5.74) is 0.287. The summed E-state index contributed by atoms with van der Waals surface area (Å²) in [5, 5.41) is 3.70. The molecule has 2 atom stereocenters. The molecule has 0 aromatic carbocycles. The number of guanidine groups is 1. The van der Waals surface area contributed by atoms with Crippen molar-refractivity contribution in [2.75, 3.05) is 71.9 Å². The first-order chi connectivity index (χ1) is 11.6. The van der Waals surface area contributed by atoms with Gasteiger partial charge in [0, 0.05) is 44.5 Å². The first-order valence-electron chi connectivity index (χ1n) is 9.56. The maximum Gasteiger partial charge on any atom is 0.193 e. The molecule has 3 saturated heterocycles. The van der Waals surface area contributed by atoms with Crippen LogP contribution < -0.4 is 5.32 Å². The molecule has 0 spiro atoms. The normalized spacial score (nSPS) is 32.2. The average molecular weight is 354 g/mol. The maximum atomic E-state index is 4.58. The lowest BCUT2D eigenvalue weighted by Gasteiger charge is -2.37. The molecule has 0 bridgehead atoms. The van der Waals surface area contributed by atoms with Gasteiger partial charge in [-0.25, -0.2) is 0 Å². The fraction of sp³-hybridized carbons (Fsp3) is 0.944. The van der Waals surface area contributed by atoms with Gasteiger partial charge in [0.25, 0.3) is 0 Å². The highest BCUT2D eigenvalue weighted by molar-refractivity contribution is 7.99. The molecule has 0 radical (unpaired) electrons. The minimum absolute atomic E-state index is 0.287. The topological polar surface area (TPSA) is 34.1 Å². The van der Waals surface area contributed by atoms with Crippen molar-refractivity contribution in [3.63, 3.8) is 0 Å². The molecule has 2 unspecified atom stereocenters. The monoisotopic (exact) mass is 353 g/mol. The van der Waals surface area contributed by atoms with E-state index in [0.29, 0.717) is 0 Å². The van der Waals surface area contributed by atoms with Crippen LogP contribution in [0.1, 0.15) is 25.7 Å². The minimum atomic E-state index is 0.287. The number of aliphatic imine (C=N–C) groups is 1. The fourth-order valence-electron chi connectivity index (χ4n) is 4.33. The van der Waals surface area contributed by atoms with E-state index in [-0.39, 0.29) is 5.54 Å². The first-order valence-corrected chi connectivity index (χ1v) is 10.7. The summed E-state index contributed by atoms with van der Waals surface area (Å²) in [7, 11) is 6.37. The molecule has 0 aromatic rings. The van der Waals surface area contributed by atoms with Gasteiger partial charge in [0.2, 0.25) is 0 Å². The van der Waals surface area contributed by atoms with Crippen LogP contribution in [0, 0.1) is 5.92 Å². The Balaban J connectivity index is 1.49. The van der Waals surface area contributed by atoms with E-state index in [9.17, 15) is 0 Å². The molecule has 0 aromatic heterocycles. The third-order valence-electron chi connectivity index (χ3n) is 6.12. The van der Waals surface area contributed by atoms with E-state index in [0.717, 1.165) is 25.0 Å². The van der Waals surface area contributed by atoms with Gasteiger partial charge in [0.15, 0.2) is 5.96 Å². The zero-order valence-corrected chi connectivity index (χ0v) is 16.6. The van der Waals surface area contributed by atoms with E-state index in [1.54, 1.807) is 0 Å². The second-order valence-corrected chi connectivity index (χ2v) is 9.04. The number of hydrogen-bond acceptors (Lipinski definition) is 4. The number of rotatable bonds is 5. The highest BCUT2D eigenvalue weighted by Crippen LogP contribution is 2.31. The minimum Gasteiger partial charge on any atom is -0.354 e. The van der Waals surface area contributed by atoms with Crippen LogP contribution >= 0.6 is 11.8 Å². The van der Waals surface area contributed by atoms with E-state index in [4.69, 9.17) is 0 Å². The van der Waals surface area contributed by atoms with E-state index in [1.807, 2.05) is 7.05 Å². The second kappa shape index (κ2) is 8.28. The van der Waals surface area contributed by atoms with Crippen LogP contribution in [0.3, 0.4) is 0 Å². The van der Waals surface area contributed by atoms with Crippen molar-refractivity contribution in [2.24, 2.45) is 10.9 Å². The molecule has 3 rings (SSSR count). The maximum absolute atomic E-state index is 4.58. The average Bonchev–Trinajstić information content (AvgIpc) is 3.30. The third kappa shape index (κ3) is 4.20. The molecule has 3 aliphatic heterocycles. The van der Waals surface area contributed by atoms with Crippen molar-refractivity contribution < 1.29 is 0 Å². The number of hydrogen-bond donors (Lipinski definition) is 1. The summed E-state index contributed by atoms with van der Waals surface area (Å²) in [5.74, 6) is 4.42. The summed E-state index contributed by atoms with van der Waals surface area (Å²) < 4.78 is 0. The molecule has 0 aliphatic carbocycles. The smallest absolute Gasteiger partial charge is 0.193 e. The van der Waals surface area contributed by atoms with Crippen LogP contribution in [-0.4, -0.2) is 98.1 Å². The highest BCUT2D eigenvalue weighted by atomic mass is 32.2. The van der Waals surface area contributed by atoms with Gasteiger partial charge < -0.3 is 20.0 Å². The quantitative estimate of drug-likeness (QED) is 0.597. The predicted octanol–water partition coefficient (Wildman–Crippen LogP) is 1.42. The molecule has 3 heterocycles. The first kappa shape index (κ1) is 18.3. The molecule has 5 nitrogen and oxygen atoms in total. The summed E-state index contributed by atoms with van der Waals surface area (Å²) in [6.45, 7) is 7.24. The summed E-state index contributed by atoms with van der Waals surface area (Å²) in [4.78, 5) is 12.1. The van der Waals surface area contributed by atoms with E-state index in [1.165, 1.54) is 63.4 Å². The molecular formula is C18H35N5S. The molecular weight excluding hydrogens is 318 g/mol. The Kier molecular flexibility index (Phi) is 6.33. The Morgan fingerprint density at radius 3 is 2.71 bits per heavy atom. The number of nitrogens with one attached hydrogen (secondary N) is 1. The van der Waals surface area contributed by atoms with Gasteiger partial charge in [-0.15, -0.1) is 0 Å². The molecule has 0 amide bonds. The van der Waals surface area contributed by atoms with Crippen LogP contribution in [-0.2, 0) is 0 Å². The van der Waals surface area contributed by atoms with Gasteiger partial charge in [-0.1, -0.05) is 0 Å². The lowest BCUT2D eigenvalue weighted by atomic mass is 9.97. The molecule has 24 heavy (non-hydrogen) atoms. The highest BCUT2D eigenvalue weighted by Gasteiger charge is 2.37. The summed E-state index contributed by atoms with van der Waals surface area (Å²) in [6.07, 6.45) is 5.37. The number of likely N-dealkylation sites (N-methyl/N-ethyl adjacent to an activating group) is 1. The molecule has 3 fully saturated rings. The van der Waals surface area contributed by atoms with Gasteiger partial charge in [-0.05, 0) is 64.5 Å². The molecule has 6 heteroatoms. The summed E-state index contributed by atoms with van der Waals surface area (Å²) in [6, 6.07) is 0. The number of nitrogens with zero attached hydrogens (tertiary/aromatic N) is 4. The molecule has 0 saturated carbocycles. The van der Waals surface area contributed by atoms with Crippen LogP contribution in [0.2, 0.25) is 0 Å². The van der Waals surface area contributed by atoms with Crippen molar-refractivity contribution in [3.8, 4) is 0 Å². The number of likely N-dealkylation sites (tertiary alicyclic amines) is 2. The summed E-state index contributed by atoms with van der Waals surface area (Å²) >= 11 is 2.08. The predicted molar refractivity (Wildman–Crippen MR) is 105 cm³/mol. The fourth-order valence-corrected chi connectivity index (χ4v) is 5.88. The Morgan fingerprint density at radius 1 is 1.29 bits per heavy atom. The van der Waals surface area contributed by atoms with E-state index < -0.39 is 0 Å². The Bertz CT molecular complexity index is 427. The molecule has 138 valence electrons. The third-order valence-corrected chi connectivity index (χ3v) is 7.35. The van der Waals surface area contributed by atoms with E-state index in [2.05, 4.69) is 50.9 Å². The zero-order valence-electron chi connectivity index (χ0n) is 15.8. The number of thioether (sulfide) groups is 1. The van der Waals surface area contributed by atoms with Gasteiger partial charge in [0.05, 0.1) is 0 Å². The largest absolute Gasteiger partial charge is 0.354 e. The molecule has 1 N–H and O–H groups in total. The van der Waals surface area contributed by atoms with Crippen molar-refractivity contribution in [3.05, 3.63) is 0 Å². The zero-order chi connectivity index (χ0) is 17.0. The SMILES string of the molecule is CN=C(NCC1(N(C)C)CCSC1)N1CCC(CN2CCCC2)C1.